The Balaban J connectivity index is 1.77. The molecule has 0 spiro atoms. The molecule has 0 aromatic heterocycles. The van der Waals surface area contributed by atoms with Gasteiger partial charge in [-0.3, -0.25) is 9.89 Å². The maximum Gasteiger partial charge on any atom is 0.169 e. The van der Waals surface area contributed by atoms with Crippen molar-refractivity contribution in [3.8, 4) is 0 Å². The van der Waals surface area contributed by atoms with Gasteiger partial charge < -0.3 is 0 Å². The van der Waals surface area contributed by atoms with Gasteiger partial charge in [-0.25, -0.2) is 0 Å². The first-order valence-corrected chi connectivity index (χ1v) is 11.2. The van der Waals surface area contributed by atoms with E-state index >= 15 is 0 Å². The number of anilines is 1. The minimum atomic E-state index is -0.231. The predicted molar refractivity (Wildman–Crippen MR) is 131 cm³/mol. The van der Waals surface area contributed by atoms with Crippen molar-refractivity contribution in [1.82, 2.24) is 0 Å². The lowest BCUT2D eigenvalue weighted by Crippen LogP contribution is -2.36. The summed E-state index contributed by atoms with van der Waals surface area (Å²) in [5.74, 6) is 0. The number of allylic oxidation sites excluding steroid dienone is 1. The number of rotatable bonds is 4. The van der Waals surface area contributed by atoms with Crippen LogP contribution in [0.1, 0.15) is 42.7 Å². The Hall–Kier alpha value is -2.78. The topological polar surface area (TPSA) is 15.6 Å². The molecule has 0 saturated heterocycles. The van der Waals surface area contributed by atoms with Gasteiger partial charge in [-0.1, -0.05) is 90.1 Å². The minimum absolute atomic E-state index is 0.167. The van der Waals surface area contributed by atoms with E-state index in [4.69, 9.17) is 4.99 Å². The van der Waals surface area contributed by atoms with E-state index in [1.54, 1.807) is 0 Å². The lowest BCUT2D eigenvalue weighted by molar-refractivity contribution is 0.642. The number of aliphatic imine (C=N–C) groups is 1. The highest BCUT2D eigenvalue weighted by atomic mass is 32.2. The molecule has 0 bridgehead atoms. The highest BCUT2D eigenvalue weighted by molar-refractivity contribution is 8.14. The fourth-order valence-corrected chi connectivity index (χ4v) is 5.27. The lowest BCUT2D eigenvalue weighted by Gasteiger charge is -2.36. The van der Waals surface area contributed by atoms with Crippen LogP contribution >= 0.6 is 11.8 Å². The van der Waals surface area contributed by atoms with Gasteiger partial charge in [0.15, 0.2) is 5.17 Å². The van der Waals surface area contributed by atoms with Crippen LogP contribution in [-0.4, -0.2) is 10.7 Å². The molecular formula is C27H28N2S. The average Bonchev–Trinajstić information content (AvgIpc) is 2.73. The number of benzene rings is 3. The van der Waals surface area contributed by atoms with Crippen LogP contribution in [0, 0.1) is 6.92 Å². The van der Waals surface area contributed by atoms with Crippen LogP contribution < -0.4 is 4.90 Å². The Kier molecular flexibility index (Phi) is 5.83. The Labute approximate surface area is 184 Å². The van der Waals surface area contributed by atoms with Crippen molar-refractivity contribution in [3.05, 3.63) is 113 Å². The van der Waals surface area contributed by atoms with Crippen LogP contribution in [0.15, 0.2) is 102 Å². The largest absolute Gasteiger partial charge is 0.294 e. The van der Waals surface area contributed by atoms with Crippen LogP contribution in [0.3, 0.4) is 0 Å². The molecule has 0 saturated carbocycles. The maximum absolute atomic E-state index is 5.16. The molecule has 0 amide bonds. The normalized spacial score (nSPS) is 15.7. The molecule has 0 aliphatic carbocycles. The van der Waals surface area contributed by atoms with Crippen LogP contribution in [0.25, 0.3) is 0 Å². The van der Waals surface area contributed by atoms with Crippen molar-refractivity contribution in [2.45, 2.75) is 38.5 Å². The summed E-state index contributed by atoms with van der Waals surface area (Å²) in [4.78, 5) is 7.45. The van der Waals surface area contributed by atoms with E-state index in [1.165, 1.54) is 22.4 Å². The second-order valence-corrected chi connectivity index (χ2v) is 9.40. The molecule has 0 unspecified atom stereocenters. The van der Waals surface area contributed by atoms with Crippen molar-refractivity contribution < 1.29 is 0 Å². The third-order valence-corrected chi connectivity index (χ3v) is 6.47. The van der Waals surface area contributed by atoms with E-state index in [0.29, 0.717) is 0 Å². The Morgan fingerprint density at radius 3 is 1.83 bits per heavy atom. The summed E-state index contributed by atoms with van der Waals surface area (Å²) >= 11 is 1.82. The second-order valence-electron chi connectivity index (χ2n) is 8.32. The Morgan fingerprint density at radius 1 is 0.767 bits per heavy atom. The molecule has 4 rings (SSSR count). The molecule has 0 radical (unpaired) electrons. The standard InChI is InChI=1S/C27H28N2S/c1-20-15-17-24(18-16-20)29-21(2)19-27(3,4)28-26(29)30-25(22-11-7-5-8-12-22)23-13-9-6-10-14-23/h5-19,25H,1-4H3. The molecule has 1 aliphatic rings. The first-order valence-electron chi connectivity index (χ1n) is 10.4. The SMILES string of the molecule is CC1=CC(C)(C)N=C(SC(c2ccccc2)c2ccccc2)N1c1ccc(C)cc1. The van der Waals surface area contributed by atoms with Gasteiger partial charge in [-0.15, -0.1) is 0 Å². The molecule has 1 aliphatic heterocycles. The van der Waals surface area contributed by atoms with Gasteiger partial charge in [0.1, 0.15) is 0 Å². The smallest absolute Gasteiger partial charge is 0.169 e. The highest BCUT2D eigenvalue weighted by Gasteiger charge is 2.30. The number of hydrogen-bond acceptors (Lipinski definition) is 3. The number of aryl methyl sites for hydroxylation is 1. The molecule has 30 heavy (non-hydrogen) atoms. The summed E-state index contributed by atoms with van der Waals surface area (Å²) in [5.41, 5.74) is 5.95. The third-order valence-electron chi connectivity index (χ3n) is 5.21. The zero-order valence-electron chi connectivity index (χ0n) is 18.0. The number of thioether (sulfide) groups is 1. The van der Waals surface area contributed by atoms with Crippen LogP contribution in [0.4, 0.5) is 5.69 Å². The number of hydrogen-bond donors (Lipinski definition) is 0. The summed E-state index contributed by atoms with van der Waals surface area (Å²) in [5, 5.41) is 1.20. The van der Waals surface area contributed by atoms with Crippen molar-refractivity contribution in [2.75, 3.05) is 4.90 Å². The van der Waals surface area contributed by atoms with E-state index in [9.17, 15) is 0 Å². The lowest BCUT2D eigenvalue weighted by atomic mass is 10.0. The molecule has 3 aromatic rings. The quantitative estimate of drug-likeness (QED) is 0.444. The first-order chi connectivity index (χ1) is 14.4. The Morgan fingerprint density at radius 2 is 1.30 bits per heavy atom. The average molecular weight is 413 g/mol. The summed E-state index contributed by atoms with van der Waals surface area (Å²) in [7, 11) is 0. The monoisotopic (exact) mass is 412 g/mol. The third kappa shape index (κ3) is 4.52. The second kappa shape index (κ2) is 8.53. The number of amidine groups is 1. The summed E-state index contributed by atoms with van der Waals surface area (Å²) in [6.07, 6.45) is 2.25. The fraction of sp³-hybridized carbons (Fsp3) is 0.222. The molecule has 0 fully saturated rings. The van der Waals surface area contributed by atoms with E-state index in [0.717, 1.165) is 10.9 Å². The fourth-order valence-electron chi connectivity index (χ4n) is 3.83. The van der Waals surface area contributed by atoms with E-state index in [2.05, 4.69) is 124 Å². The van der Waals surface area contributed by atoms with Crippen molar-refractivity contribution in [2.24, 2.45) is 4.99 Å². The molecule has 3 heteroatoms. The van der Waals surface area contributed by atoms with Gasteiger partial charge in [0.05, 0.1) is 10.8 Å². The van der Waals surface area contributed by atoms with Crippen molar-refractivity contribution >= 4 is 22.6 Å². The summed E-state index contributed by atoms with van der Waals surface area (Å²) in [6.45, 7) is 8.64. The van der Waals surface area contributed by atoms with Gasteiger partial charge in [0.25, 0.3) is 0 Å². The van der Waals surface area contributed by atoms with Crippen molar-refractivity contribution in [1.29, 1.82) is 0 Å². The molecule has 0 atom stereocenters. The van der Waals surface area contributed by atoms with Gasteiger partial charge in [-0.05, 0) is 57.0 Å². The van der Waals surface area contributed by atoms with Crippen LogP contribution in [0.2, 0.25) is 0 Å². The van der Waals surface area contributed by atoms with Crippen LogP contribution in [-0.2, 0) is 0 Å². The zero-order valence-corrected chi connectivity index (χ0v) is 18.9. The predicted octanol–water partition coefficient (Wildman–Crippen LogP) is 7.38. The number of nitrogens with zero attached hydrogens (tertiary/aromatic N) is 2. The van der Waals surface area contributed by atoms with Gasteiger partial charge in [-0.2, -0.15) is 0 Å². The molecule has 3 aromatic carbocycles. The van der Waals surface area contributed by atoms with Crippen molar-refractivity contribution in [3.63, 3.8) is 0 Å². The zero-order chi connectivity index (χ0) is 21.1. The van der Waals surface area contributed by atoms with Crippen LogP contribution in [0.5, 0.6) is 0 Å². The van der Waals surface area contributed by atoms with Gasteiger partial charge >= 0.3 is 0 Å². The van der Waals surface area contributed by atoms with E-state index in [1.807, 2.05) is 11.8 Å². The van der Waals surface area contributed by atoms with E-state index < -0.39 is 0 Å². The minimum Gasteiger partial charge on any atom is -0.294 e. The van der Waals surface area contributed by atoms with E-state index in [-0.39, 0.29) is 10.8 Å². The molecular weight excluding hydrogens is 384 g/mol. The molecule has 152 valence electrons. The molecule has 2 nitrogen and oxygen atoms in total. The summed E-state index contributed by atoms with van der Waals surface area (Å²) < 4.78 is 0. The highest BCUT2D eigenvalue weighted by Crippen LogP contribution is 2.41. The first kappa shape index (κ1) is 20.5. The maximum atomic E-state index is 5.16. The summed E-state index contributed by atoms with van der Waals surface area (Å²) in [6, 6.07) is 30.1. The molecule has 0 N–H and O–H groups in total. The van der Waals surface area contributed by atoms with Gasteiger partial charge in [0, 0.05) is 11.4 Å². The van der Waals surface area contributed by atoms with Gasteiger partial charge in [0.2, 0.25) is 0 Å². The Bertz CT molecular complexity index is 1010. The molecule has 1 heterocycles.